The van der Waals surface area contributed by atoms with Gasteiger partial charge in [-0.05, 0) is 32.4 Å². The van der Waals surface area contributed by atoms with E-state index in [2.05, 4.69) is 6.08 Å². The number of fused-ring (bicyclic) bond motifs is 1. The lowest BCUT2D eigenvalue weighted by Crippen LogP contribution is -2.47. The van der Waals surface area contributed by atoms with Crippen molar-refractivity contribution in [3.05, 3.63) is 29.8 Å². The highest BCUT2D eigenvalue weighted by atomic mass is 16.5. The molecule has 0 spiro atoms. The standard InChI is InChI=1S/C15H19NO3/c1-10-8-15(2,3)16(9-13(17)18)14-11(10)6-5-7-12(14)19-4/h5-8H,9H2,1-4H3,(H,17,18). The third kappa shape index (κ3) is 2.30. The van der Waals surface area contributed by atoms with E-state index in [9.17, 15) is 4.79 Å². The highest BCUT2D eigenvalue weighted by molar-refractivity contribution is 5.87. The third-order valence-electron chi connectivity index (χ3n) is 3.47. The van der Waals surface area contributed by atoms with Crippen molar-refractivity contribution in [3.63, 3.8) is 0 Å². The van der Waals surface area contributed by atoms with Crippen LogP contribution >= 0.6 is 0 Å². The van der Waals surface area contributed by atoms with Crippen LogP contribution in [0.15, 0.2) is 24.3 Å². The number of para-hydroxylation sites is 1. The Bertz CT molecular complexity index is 546. The van der Waals surface area contributed by atoms with Crippen LogP contribution < -0.4 is 9.64 Å². The van der Waals surface area contributed by atoms with Gasteiger partial charge in [-0.3, -0.25) is 4.79 Å². The molecular formula is C15H19NO3. The van der Waals surface area contributed by atoms with Gasteiger partial charge in [-0.2, -0.15) is 0 Å². The minimum atomic E-state index is -0.849. The second-order valence-electron chi connectivity index (χ2n) is 5.32. The molecule has 0 aliphatic carbocycles. The van der Waals surface area contributed by atoms with Crippen molar-refractivity contribution in [2.45, 2.75) is 26.3 Å². The molecule has 4 heteroatoms. The van der Waals surface area contributed by atoms with Crippen LogP contribution in [0.3, 0.4) is 0 Å². The molecule has 0 aromatic heterocycles. The van der Waals surface area contributed by atoms with E-state index in [1.165, 1.54) is 0 Å². The number of anilines is 1. The Balaban J connectivity index is 2.65. The van der Waals surface area contributed by atoms with Crippen LogP contribution in [0, 0.1) is 0 Å². The summed E-state index contributed by atoms with van der Waals surface area (Å²) in [6.07, 6.45) is 2.09. The molecule has 0 fully saturated rings. The van der Waals surface area contributed by atoms with Gasteiger partial charge in [0.15, 0.2) is 0 Å². The zero-order valence-corrected chi connectivity index (χ0v) is 11.7. The fourth-order valence-corrected chi connectivity index (χ4v) is 2.68. The van der Waals surface area contributed by atoms with Gasteiger partial charge >= 0.3 is 5.97 Å². The molecule has 0 atom stereocenters. The maximum Gasteiger partial charge on any atom is 0.323 e. The van der Waals surface area contributed by atoms with Crippen molar-refractivity contribution in [2.75, 3.05) is 18.6 Å². The van der Waals surface area contributed by atoms with Crippen LogP contribution in [-0.2, 0) is 4.79 Å². The zero-order valence-electron chi connectivity index (χ0n) is 11.7. The van der Waals surface area contributed by atoms with E-state index >= 15 is 0 Å². The van der Waals surface area contributed by atoms with Crippen LogP contribution in [0.4, 0.5) is 5.69 Å². The van der Waals surface area contributed by atoms with E-state index in [-0.39, 0.29) is 12.1 Å². The molecule has 0 unspecified atom stereocenters. The van der Waals surface area contributed by atoms with Gasteiger partial charge in [0.2, 0.25) is 0 Å². The van der Waals surface area contributed by atoms with Crippen LogP contribution in [0.25, 0.3) is 5.57 Å². The van der Waals surface area contributed by atoms with Crippen LogP contribution in [0.2, 0.25) is 0 Å². The van der Waals surface area contributed by atoms with Crippen molar-refractivity contribution in [1.82, 2.24) is 0 Å². The fraction of sp³-hybridized carbons (Fsp3) is 0.400. The van der Waals surface area contributed by atoms with Gasteiger partial charge in [0.05, 0.1) is 18.3 Å². The van der Waals surface area contributed by atoms with E-state index in [0.717, 1.165) is 16.8 Å². The normalized spacial score (nSPS) is 16.6. The van der Waals surface area contributed by atoms with E-state index < -0.39 is 5.97 Å². The van der Waals surface area contributed by atoms with Gasteiger partial charge in [-0.1, -0.05) is 18.2 Å². The van der Waals surface area contributed by atoms with E-state index in [1.54, 1.807) is 7.11 Å². The number of carboxylic acids is 1. The molecule has 102 valence electrons. The maximum absolute atomic E-state index is 11.1. The summed E-state index contributed by atoms with van der Waals surface area (Å²) < 4.78 is 5.40. The molecule has 1 aromatic rings. The number of hydrogen-bond donors (Lipinski definition) is 1. The summed E-state index contributed by atoms with van der Waals surface area (Å²) in [5.41, 5.74) is 2.67. The van der Waals surface area contributed by atoms with Crippen LogP contribution in [0.1, 0.15) is 26.3 Å². The number of allylic oxidation sites excluding steroid dienone is 1. The Morgan fingerprint density at radius 1 is 1.42 bits per heavy atom. The van der Waals surface area contributed by atoms with Gasteiger partial charge in [-0.25, -0.2) is 0 Å². The molecule has 0 saturated heterocycles. The number of carbonyl (C=O) groups is 1. The summed E-state index contributed by atoms with van der Waals surface area (Å²) in [5, 5.41) is 9.15. The third-order valence-corrected chi connectivity index (χ3v) is 3.47. The highest BCUT2D eigenvalue weighted by Crippen LogP contribution is 2.43. The Labute approximate surface area is 113 Å². The van der Waals surface area contributed by atoms with Crippen molar-refractivity contribution < 1.29 is 14.6 Å². The lowest BCUT2D eigenvalue weighted by Gasteiger charge is -2.42. The zero-order chi connectivity index (χ0) is 14.2. The first-order valence-corrected chi connectivity index (χ1v) is 6.23. The number of ether oxygens (including phenoxy) is 1. The minimum absolute atomic E-state index is 0.0514. The van der Waals surface area contributed by atoms with E-state index in [0.29, 0.717) is 5.75 Å². The average Bonchev–Trinajstić information content (AvgIpc) is 2.32. The summed E-state index contributed by atoms with van der Waals surface area (Å²) in [4.78, 5) is 13.0. The molecule has 0 saturated carbocycles. The summed E-state index contributed by atoms with van der Waals surface area (Å²) in [7, 11) is 1.61. The van der Waals surface area contributed by atoms with Crippen LogP contribution in [-0.4, -0.2) is 30.3 Å². The predicted octanol–water partition coefficient (Wildman–Crippen LogP) is 2.78. The summed E-state index contributed by atoms with van der Waals surface area (Å²) in [6.45, 7) is 6.01. The Morgan fingerprint density at radius 2 is 2.11 bits per heavy atom. The average molecular weight is 261 g/mol. The molecule has 0 amide bonds. The SMILES string of the molecule is COc1cccc2c1N(CC(=O)O)C(C)(C)C=C2C. The Morgan fingerprint density at radius 3 is 2.68 bits per heavy atom. The summed E-state index contributed by atoms with van der Waals surface area (Å²) >= 11 is 0. The molecule has 0 radical (unpaired) electrons. The Kier molecular flexibility index (Phi) is 3.27. The molecular weight excluding hydrogens is 242 g/mol. The number of carboxylic acid groups (broad SMARTS) is 1. The maximum atomic E-state index is 11.1. The van der Waals surface area contributed by atoms with Crippen molar-refractivity contribution >= 4 is 17.2 Å². The number of hydrogen-bond acceptors (Lipinski definition) is 3. The topological polar surface area (TPSA) is 49.8 Å². The molecule has 19 heavy (non-hydrogen) atoms. The lowest BCUT2D eigenvalue weighted by molar-refractivity contribution is -0.135. The smallest absolute Gasteiger partial charge is 0.323 e. The second-order valence-corrected chi connectivity index (χ2v) is 5.32. The number of methoxy groups -OCH3 is 1. The van der Waals surface area contributed by atoms with Gasteiger partial charge in [0.25, 0.3) is 0 Å². The summed E-state index contributed by atoms with van der Waals surface area (Å²) in [6, 6.07) is 5.78. The number of nitrogens with zero attached hydrogens (tertiary/aromatic N) is 1. The van der Waals surface area contributed by atoms with Gasteiger partial charge in [0, 0.05) is 5.56 Å². The molecule has 1 aliphatic heterocycles. The first-order chi connectivity index (χ1) is 8.86. The first kappa shape index (κ1) is 13.5. The predicted molar refractivity (Wildman–Crippen MR) is 75.7 cm³/mol. The number of benzene rings is 1. The molecule has 0 bridgehead atoms. The molecule has 1 aromatic carbocycles. The monoisotopic (exact) mass is 261 g/mol. The van der Waals surface area contributed by atoms with Crippen LogP contribution in [0.5, 0.6) is 5.75 Å². The van der Waals surface area contributed by atoms with Gasteiger partial charge < -0.3 is 14.7 Å². The van der Waals surface area contributed by atoms with Crippen molar-refractivity contribution in [2.24, 2.45) is 0 Å². The quantitative estimate of drug-likeness (QED) is 0.909. The number of aliphatic carboxylic acids is 1. The van der Waals surface area contributed by atoms with E-state index in [1.807, 2.05) is 43.9 Å². The second kappa shape index (κ2) is 4.61. The Hall–Kier alpha value is -1.97. The molecule has 2 rings (SSSR count). The largest absolute Gasteiger partial charge is 0.495 e. The number of rotatable bonds is 3. The molecule has 4 nitrogen and oxygen atoms in total. The highest BCUT2D eigenvalue weighted by Gasteiger charge is 2.34. The van der Waals surface area contributed by atoms with Crippen molar-refractivity contribution in [1.29, 1.82) is 0 Å². The van der Waals surface area contributed by atoms with Crippen molar-refractivity contribution in [3.8, 4) is 5.75 Å². The first-order valence-electron chi connectivity index (χ1n) is 6.23. The van der Waals surface area contributed by atoms with Gasteiger partial charge in [-0.15, -0.1) is 0 Å². The van der Waals surface area contributed by atoms with E-state index in [4.69, 9.17) is 9.84 Å². The molecule has 1 heterocycles. The molecule has 1 N–H and O–H groups in total. The lowest BCUT2D eigenvalue weighted by atomic mass is 9.88. The summed E-state index contributed by atoms with van der Waals surface area (Å²) in [5.74, 6) is -0.142. The molecule has 1 aliphatic rings. The van der Waals surface area contributed by atoms with Gasteiger partial charge in [0.1, 0.15) is 12.3 Å². The minimum Gasteiger partial charge on any atom is -0.495 e. The fourth-order valence-electron chi connectivity index (χ4n) is 2.68.